The number of benzene rings is 1. The third-order valence-corrected chi connectivity index (χ3v) is 3.92. The molecule has 0 bridgehead atoms. The summed E-state index contributed by atoms with van der Waals surface area (Å²) in [6.45, 7) is 3.42. The van der Waals surface area contributed by atoms with Gasteiger partial charge in [-0.3, -0.25) is 0 Å². The van der Waals surface area contributed by atoms with E-state index in [9.17, 15) is 0 Å². The molecular formula is C12H14N3OS. The lowest BCUT2D eigenvalue weighted by Gasteiger charge is -2.35. The number of nitrogens with zero attached hydrogens (tertiary/aromatic N) is 2. The Balaban J connectivity index is 1.95. The van der Waals surface area contributed by atoms with Gasteiger partial charge in [-0.1, -0.05) is 0 Å². The lowest BCUT2D eigenvalue weighted by atomic mass is 10.2. The SMILES string of the molecule is CSC1CO[CH]CN1c1ccc2[nH]cnc2c1. The van der Waals surface area contributed by atoms with Crippen LogP contribution in [0.5, 0.6) is 0 Å². The molecule has 1 aromatic heterocycles. The zero-order chi connectivity index (χ0) is 11.7. The van der Waals surface area contributed by atoms with E-state index in [1.165, 1.54) is 5.69 Å². The second kappa shape index (κ2) is 4.58. The minimum Gasteiger partial charge on any atom is -0.371 e. The standard InChI is InChI=1S/C12H14N3OS/c1-17-12-7-16-5-4-15(12)9-2-3-10-11(6-9)14-8-13-10/h2-3,5-6,8,12H,4,7H2,1H3,(H,13,14). The molecule has 1 atom stereocenters. The summed E-state index contributed by atoms with van der Waals surface area (Å²) in [5.74, 6) is 0. The molecule has 1 aromatic carbocycles. The molecular weight excluding hydrogens is 234 g/mol. The minimum atomic E-state index is 0.372. The Morgan fingerprint density at radius 3 is 3.35 bits per heavy atom. The maximum atomic E-state index is 5.39. The highest BCUT2D eigenvalue weighted by Crippen LogP contribution is 2.27. The van der Waals surface area contributed by atoms with Crippen molar-refractivity contribution in [3.8, 4) is 0 Å². The number of anilines is 1. The maximum absolute atomic E-state index is 5.39. The van der Waals surface area contributed by atoms with E-state index in [4.69, 9.17) is 4.74 Å². The van der Waals surface area contributed by atoms with Gasteiger partial charge in [0, 0.05) is 12.2 Å². The Bertz CT molecular complexity index is 513. The third-order valence-electron chi connectivity index (χ3n) is 2.98. The molecule has 5 heteroatoms. The number of imidazole rings is 1. The first kappa shape index (κ1) is 10.9. The summed E-state index contributed by atoms with van der Waals surface area (Å²) < 4.78 is 5.39. The van der Waals surface area contributed by atoms with Crippen LogP contribution in [-0.2, 0) is 4.74 Å². The van der Waals surface area contributed by atoms with E-state index in [0.717, 1.165) is 24.2 Å². The molecule has 0 spiro atoms. The number of aromatic nitrogens is 2. The van der Waals surface area contributed by atoms with Gasteiger partial charge in [0.2, 0.25) is 0 Å². The quantitative estimate of drug-likeness (QED) is 0.885. The molecule has 1 aliphatic rings. The van der Waals surface area contributed by atoms with Gasteiger partial charge in [-0.15, -0.1) is 11.8 Å². The summed E-state index contributed by atoms with van der Waals surface area (Å²) in [5.41, 5.74) is 3.28. The topological polar surface area (TPSA) is 41.1 Å². The van der Waals surface area contributed by atoms with Crippen molar-refractivity contribution in [2.45, 2.75) is 5.37 Å². The van der Waals surface area contributed by atoms with E-state index < -0.39 is 0 Å². The highest BCUT2D eigenvalue weighted by Gasteiger charge is 2.22. The van der Waals surface area contributed by atoms with Crippen molar-refractivity contribution in [3.05, 3.63) is 31.1 Å². The van der Waals surface area contributed by atoms with Gasteiger partial charge in [0.1, 0.15) is 6.61 Å². The molecule has 0 amide bonds. The number of hydrogen-bond donors (Lipinski definition) is 1. The van der Waals surface area contributed by atoms with Crippen molar-refractivity contribution >= 4 is 28.5 Å². The van der Waals surface area contributed by atoms with E-state index in [-0.39, 0.29) is 0 Å². The van der Waals surface area contributed by atoms with Crippen LogP contribution in [0, 0.1) is 6.61 Å². The third kappa shape index (κ3) is 2.00. The summed E-state index contributed by atoms with van der Waals surface area (Å²) in [4.78, 5) is 9.74. The predicted octanol–water partition coefficient (Wildman–Crippen LogP) is 2.25. The molecule has 1 aliphatic heterocycles. The van der Waals surface area contributed by atoms with Crippen LogP contribution < -0.4 is 4.90 Å². The summed E-state index contributed by atoms with van der Waals surface area (Å²) >= 11 is 1.81. The smallest absolute Gasteiger partial charge is 0.103 e. The number of H-pyrrole nitrogens is 1. The summed E-state index contributed by atoms with van der Waals surface area (Å²) in [7, 11) is 0. The first-order chi connectivity index (χ1) is 8.38. The highest BCUT2D eigenvalue weighted by molar-refractivity contribution is 7.99. The van der Waals surface area contributed by atoms with Crippen LogP contribution in [0.15, 0.2) is 24.5 Å². The second-order valence-corrected chi connectivity index (χ2v) is 4.96. The second-order valence-electron chi connectivity index (χ2n) is 3.95. The predicted molar refractivity (Wildman–Crippen MR) is 71.0 cm³/mol. The van der Waals surface area contributed by atoms with Gasteiger partial charge in [0.25, 0.3) is 0 Å². The van der Waals surface area contributed by atoms with Crippen LogP contribution in [0.2, 0.25) is 0 Å². The van der Waals surface area contributed by atoms with E-state index in [1.807, 2.05) is 18.4 Å². The zero-order valence-corrected chi connectivity index (χ0v) is 10.4. The Kier molecular flexibility index (Phi) is 2.94. The van der Waals surface area contributed by atoms with Crippen molar-refractivity contribution in [2.75, 3.05) is 24.3 Å². The molecule has 1 radical (unpaired) electrons. The largest absolute Gasteiger partial charge is 0.371 e. The van der Waals surface area contributed by atoms with Gasteiger partial charge in [0.15, 0.2) is 0 Å². The zero-order valence-electron chi connectivity index (χ0n) is 9.59. The van der Waals surface area contributed by atoms with Crippen LogP contribution in [-0.4, -0.2) is 34.7 Å². The fourth-order valence-electron chi connectivity index (χ4n) is 2.06. The minimum absolute atomic E-state index is 0.372. The van der Waals surface area contributed by atoms with Crippen LogP contribution in [0.1, 0.15) is 0 Å². The number of thioether (sulfide) groups is 1. The first-order valence-corrected chi connectivity index (χ1v) is 6.83. The number of nitrogens with one attached hydrogen (secondary N) is 1. The number of fused-ring (bicyclic) bond motifs is 1. The van der Waals surface area contributed by atoms with Gasteiger partial charge in [-0.05, 0) is 24.5 Å². The monoisotopic (exact) mass is 248 g/mol. The lowest BCUT2D eigenvalue weighted by Crippen LogP contribution is -2.41. The van der Waals surface area contributed by atoms with Crippen LogP contribution in [0.4, 0.5) is 5.69 Å². The van der Waals surface area contributed by atoms with Gasteiger partial charge in [-0.25, -0.2) is 4.98 Å². The van der Waals surface area contributed by atoms with E-state index >= 15 is 0 Å². The van der Waals surface area contributed by atoms with Crippen molar-refractivity contribution < 1.29 is 4.74 Å². The fraction of sp³-hybridized carbons (Fsp3) is 0.333. The number of ether oxygens (including phenoxy) is 1. The number of morpholine rings is 1. The van der Waals surface area contributed by atoms with E-state index in [2.05, 4.69) is 39.3 Å². The average Bonchev–Trinajstić information content (AvgIpc) is 2.85. The van der Waals surface area contributed by atoms with Crippen molar-refractivity contribution in [1.29, 1.82) is 0 Å². The van der Waals surface area contributed by atoms with Gasteiger partial charge >= 0.3 is 0 Å². The number of rotatable bonds is 2. The number of aromatic amines is 1. The van der Waals surface area contributed by atoms with Crippen molar-refractivity contribution in [3.63, 3.8) is 0 Å². The average molecular weight is 248 g/mol. The first-order valence-electron chi connectivity index (χ1n) is 5.54. The summed E-state index contributed by atoms with van der Waals surface area (Å²) in [5, 5.41) is 0.372. The Morgan fingerprint density at radius 2 is 2.47 bits per heavy atom. The molecule has 89 valence electrons. The van der Waals surface area contributed by atoms with Crippen molar-refractivity contribution in [2.24, 2.45) is 0 Å². The summed E-state index contributed by atoms with van der Waals surface area (Å²) in [6.07, 6.45) is 3.84. The Morgan fingerprint density at radius 1 is 1.53 bits per heavy atom. The Labute approximate surface area is 104 Å². The molecule has 0 aliphatic carbocycles. The van der Waals surface area contributed by atoms with E-state index in [0.29, 0.717) is 5.37 Å². The van der Waals surface area contributed by atoms with Gasteiger partial charge in [-0.2, -0.15) is 0 Å². The Hall–Kier alpha value is -1.20. The maximum Gasteiger partial charge on any atom is 0.103 e. The molecule has 1 saturated heterocycles. The molecule has 1 fully saturated rings. The van der Waals surface area contributed by atoms with Gasteiger partial charge < -0.3 is 14.6 Å². The summed E-state index contributed by atoms with van der Waals surface area (Å²) in [6, 6.07) is 6.32. The molecule has 3 rings (SSSR count). The number of hydrogen-bond acceptors (Lipinski definition) is 4. The van der Waals surface area contributed by atoms with Crippen LogP contribution >= 0.6 is 11.8 Å². The normalized spacial score (nSPS) is 21.0. The van der Waals surface area contributed by atoms with Gasteiger partial charge in [0.05, 0.1) is 29.3 Å². The molecule has 17 heavy (non-hydrogen) atoms. The van der Waals surface area contributed by atoms with Crippen molar-refractivity contribution in [1.82, 2.24) is 9.97 Å². The molecule has 2 heterocycles. The fourth-order valence-corrected chi connectivity index (χ4v) is 2.73. The molecule has 4 nitrogen and oxygen atoms in total. The highest BCUT2D eigenvalue weighted by atomic mass is 32.2. The van der Waals surface area contributed by atoms with E-state index in [1.54, 1.807) is 6.33 Å². The molecule has 2 aromatic rings. The molecule has 1 unspecified atom stereocenters. The molecule has 1 N–H and O–H groups in total. The lowest BCUT2D eigenvalue weighted by molar-refractivity contribution is 0.173. The van der Waals surface area contributed by atoms with Crippen LogP contribution in [0.3, 0.4) is 0 Å². The molecule has 0 saturated carbocycles. The van der Waals surface area contributed by atoms with Crippen LogP contribution in [0.25, 0.3) is 11.0 Å².